The summed E-state index contributed by atoms with van der Waals surface area (Å²) in [5.74, 6) is -2.01. The Labute approximate surface area is 394 Å². The number of aliphatic hydroxyl groups is 3. The van der Waals surface area contributed by atoms with Crippen molar-refractivity contribution in [1.29, 1.82) is 0 Å². The van der Waals surface area contributed by atoms with Gasteiger partial charge in [0.05, 0.1) is 6.61 Å². The van der Waals surface area contributed by atoms with Crippen LogP contribution in [0.5, 0.6) is 0 Å². The zero-order valence-electron chi connectivity index (χ0n) is 40.6. The van der Waals surface area contributed by atoms with Crippen molar-refractivity contribution < 1.29 is 56.8 Å². The molecule has 0 aromatic heterocycles. The number of ether oxygens (including phenoxy) is 4. The average molecular weight is 941 g/mol. The van der Waals surface area contributed by atoms with E-state index in [1.54, 1.807) is 0 Å². The van der Waals surface area contributed by atoms with E-state index in [4.69, 9.17) is 18.9 Å². The molecule has 0 radical (unpaired) electrons. The number of hydrogen-bond acceptors (Lipinski definition) is 11. The highest BCUT2D eigenvalue weighted by Gasteiger charge is 2.46. The number of carbonyl (C=O) groups excluding carboxylic acids is 2. The van der Waals surface area contributed by atoms with Gasteiger partial charge < -0.3 is 34.3 Å². The molecule has 1 aliphatic heterocycles. The van der Waals surface area contributed by atoms with Gasteiger partial charge in [0.1, 0.15) is 36.8 Å². The summed E-state index contributed by atoms with van der Waals surface area (Å²) in [6, 6.07) is 0. The molecule has 1 saturated heterocycles. The molecule has 12 nitrogen and oxygen atoms in total. The van der Waals surface area contributed by atoms with E-state index in [0.29, 0.717) is 12.8 Å². The summed E-state index contributed by atoms with van der Waals surface area (Å²) < 4.78 is 54.2. The molecule has 1 heterocycles. The van der Waals surface area contributed by atoms with E-state index in [9.17, 15) is 37.9 Å². The molecule has 0 aliphatic carbocycles. The standard InChI is InChI=1S/C52H92O12S/c1-3-5-7-9-11-13-15-17-19-20-21-22-23-24-25-27-29-31-33-35-37-39-41-48(54)63-45(43-62-52-51(57)50(56)49(55)46(64-52)44-65(58,59)60)42-61-47(53)40-38-36-34-32-30-28-26-18-16-14-12-10-8-6-4-2/h6,8,10,12,14,16,18,26,45-46,49-52,55-57H,3-5,7,9,11,13,15,17,19-25,27-44H2,1-2H3,(H,58,59,60)/b8-6+,12-10+,16-14+,26-18+/t45-,46-,49-,50?,51?,52+/m1/s1. The molecule has 65 heavy (non-hydrogen) atoms. The molecular weight excluding hydrogens is 849 g/mol. The molecule has 0 aromatic carbocycles. The number of hydrogen-bond donors (Lipinski definition) is 4. The first kappa shape index (κ1) is 60.6. The van der Waals surface area contributed by atoms with Crippen LogP contribution in [-0.2, 0) is 38.7 Å². The fourth-order valence-electron chi connectivity index (χ4n) is 7.81. The molecule has 0 aromatic rings. The molecule has 13 heteroatoms. The minimum Gasteiger partial charge on any atom is -0.462 e. The molecule has 2 unspecified atom stereocenters. The molecule has 378 valence electrons. The van der Waals surface area contributed by atoms with E-state index in [1.165, 1.54) is 116 Å². The second-order valence-electron chi connectivity index (χ2n) is 17.9. The van der Waals surface area contributed by atoms with Gasteiger partial charge in [0, 0.05) is 12.8 Å². The molecule has 6 atom stereocenters. The number of rotatable bonds is 43. The van der Waals surface area contributed by atoms with Gasteiger partial charge in [-0.3, -0.25) is 14.1 Å². The zero-order valence-corrected chi connectivity index (χ0v) is 41.4. The summed E-state index contributed by atoms with van der Waals surface area (Å²) in [7, 11) is -4.61. The molecule has 0 bridgehead atoms. The summed E-state index contributed by atoms with van der Waals surface area (Å²) in [5.41, 5.74) is 0. The van der Waals surface area contributed by atoms with Crippen LogP contribution in [0, 0.1) is 0 Å². The third-order valence-corrected chi connectivity index (χ3v) is 12.5. The zero-order chi connectivity index (χ0) is 47.6. The van der Waals surface area contributed by atoms with E-state index in [0.717, 1.165) is 57.8 Å². The Balaban J connectivity index is 2.36. The van der Waals surface area contributed by atoms with Gasteiger partial charge in [0.2, 0.25) is 0 Å². The van der Waals surface area contributed by atoms with Crippen LogP contribution >= 0.6 is 0 Å². The minimum absolute atomic E-state index is 0.161. The highest BCUT2D eigenvalue weighted by Crippen LogP contribution is 2.24. The Morgan fingerprint density at radius 2 is 0.969 bits per heavy atom. The van der Waals surface area contributed by atoms with Gasteiger partial charge in [0.25, 0.3) is 10.1 Å². The van der Waals surface area contributed by atoms with E-state index in [2.05, 4.69) is 26.0 Å². The molecular formula is C52H92O12S. The van der Waals surface area contributed by atoms with E-state index >= 15 is 0 Å². The molecule has 0 saturated carbocycles. The average Bonchev–Trinajstić information content (AvgIpc) is 3.27. The van der Waals surface area contributed by atoms with Gasteiger partial charge in [-0.15, -0.1) is 0 Å². The van der Waals surface area contributed by atoms with Crippen LogP contribution in [0.3, 0.4) is 0 Å². The number of aliphatic hydroxyl groups excluding tert-OH is 3. The van der Waals surface area contributed by atoms with Gasteiger partial charge in [-0.1, -0.05) is 217 Å². The van der Waals surface area contributed by atoms with Gasteiger partial charge >= 0.3 is 11.9 Å². The van der Waals surface area contributed by atoms with Crippen molar-refractivity contribution in [3.8, 4) is 0 Å². The normalized spacial score (nSPS) is 19.9. The predicted molar refractivity (Wildman–Crippen MR) is 261 cm³/mol. The number of esters is 2. The van der Waals surface area contributed by atoms with Crippen molar-refractivity contribution in [2.45, 2.75) is 250 Å². The fourth-order valence-corrected chi connectivity index (χ4v) is 8.50. The first-order valence-electron chi connectivity index (χ1n) is 25.7. The molecule has 0 amide bonds. The minimum atomic E-state index is -4.61. The number of unbranched alkanes of at least 4 members (excludes halogenated alkanes) is 26. The van der Waals surface area contributed by atoms with Gasteiger partial charge in [-0.25, -0.2) is 0 Å². The van der Waals surface area contributed by atoms with Crippen molar-refractivity contribution in [2.75, 3.05) is 19.0 Å². The maximum Gasteiger partial charge on any atom is 0.306 e. The maximum absolute atomic E-state index is 12.9. The molecule has 1 fully saturated rings. The summed E-state index contributed by atoms with van der Waals surface area (Å²) >= 11 is 0. The van der Waals surface area contributed by atoms with Gasteiger partial charge in [-0.2, -0.15) is 8.42 Å². The Morgan fingerprint density at radius 3 is 1.45 bits per heavy atom. The van der Waals surface area contributed by atoms with Crippen molar-refractivity contribution in [3.63, 3.8) is 0 Å². The highest BCUT2D eigenvalue weighted by molar-refractivity contribution is 7.85. The van der Waals surface area contributed by atoms with Crippen molar-refractivity contribution in [3.05, 3.63) is 48.6 Å². The lowest BCUT2D eigenvalue weighted by molar-refractivity contribution is -0.297. The van der Waals surface area contributed by atoms with E-state index in [1.807, 2.05) is 36.5 Å². The largest absolute Gasteiger partial charge is 0.462 e. The summed E-state index contributed by atoms with van der Waals surface area (Å²) in [6.07, 6.45) is 41.6. The van der Waals surface area contributed by atoms with Crippen LogP contribution in [0.4, 0.5) is 0 Å². The predicted octanol–water partition coefficient (Wildman–Crippen LogP) is 11.5. The van der Waals surface area contributed by atoms with Crippen molar-refractivity contribution in [2.24, 2.45) is 0 Å². The molecule has 0 spiro atoms. The first-order valence-corrected chi connectivity index (χ1v) is 27.4. The summed E-state index contributed by atoms with van der Waals surface area (Å²) in [6.45, 7) is 3.63. The maximum atomic E-state index is 12.9. The van der Waals surface area contributed by atoms with Crippen LogP contribution in [0.1, 0.15) is 213 Å². The topological polar surface area (TPSA) is 186 Å². The SMILES string of the molecule is CC/C=C/C=C/C=C/C=C/CCCCCCCC(=O)OC[C@H](CO[C@H]1O[C@H](CS(=O)(=O)O)[C@@H](O)C(O)C1O)OC(=O)CCCCCCCCCCCCCCCCCCCCCCCC. The van der Waals surface area contributed by atoms with Crippen molar-refractivity contribution in [1.82, 2.24) is 0 Å². The third-order valence-electron chi connectivity index (χ3n) is 11.8. The lowest BCUT2D eigenvalue weighted by atomic mass is 10.00. The molecule has 4 N–H and O–H groups in total. The van der Waals surface area contributed by atoms with Crippen LogP contribution in [0.2, 0.25) is 0 Å². The van der Waals surface area contributed by atoms with Gasteiger partial charge in [0.15, 0.2) is 12.4 Å². The Kier molecular flexibility index (Phi) is 39.0. The quantitative estimate of drug-likeness (QED) is 0.0196. The van der Waals surface area contributed by atoms with E-state index < -0.39 is 71.2 Å². The third kappa shape index (κ3) is 36.3. The highest BCUT2D eigenvalue weighted by atomic mass is 32.2. The fraction of sp³-hybridized carbons (Fsp3) is 0.808. The summed E-state index contributed by atoms with van der Waals surface area (Å²) in [5, 5.41) is 31.0. The molecule has 1 aliphatic rings. The smallest absolute Gasteiger partial charge is 0.306 e. The monoisotopic (exact) mass is 941 g/mol. The van der Waals surface area contributed by atoms with E-state index in [-0.39, 0.29) is 19.4 Å². The Hall–Kier alpha value is -2.39. The first-order chi connectivity index (χ1) is 31.5. The second kappa shape index (κ2) is 41.8. The lowest BCUT2D eigenvalue weighted by Gasteiger charge is -2.40. The van der Waals surface area contributed by atoms with Crippen LogP contribution in [-0.4, -0.2) is 96.0 Å². The Morgan fingerprint density at radius 1 is 0.538 bits per heavy atom. The molecule has 1 rings (SSSR count). The Bertz CT molecular complexity index is 1380. The van der Waals surface area contributed by atoms with Crippen LogP contribution < -0.4 is 0 Å². The number of allylic oxidation sites excluding steroid dienone is 8. The lowest BCUT2D eigenvalue weighted by Crippen LogP contribution is -2.60. The van der Waals surface area contributed by atoms with Crippen LogP contribution in [0.15, 0.2) is 48.6 Å². The van der Waals surface area contributed by atoms with Gasteiger partial charge in [-0.05, 0) is 32.1 Å². The second-order valence-corrected chi connectivity index (χ2v) is 19.4. The van der Waals surface area contributed by atoms with Crippen molar-refractivity contribution >= 4 is 22.1 Å². The number of carbonyl (C=O) groups is 2. The van der Waals surface area contributed by atoms with Crippen LogP contribution in [0.25, 0.3) is 0 Å². The summed E-state index contributed by atoms with van der Waals surface area (Å²) in [4.78, 5) is 25.5.